The lowest BCUT2D eigenvalue weighted by atomic mass is 9.85. The number of ether oxygens (including phenoxy) is 2. The van der Waals surface area contributed by atoms with E-state index in [1.807, 2.05) is 19.1 Å². The smallest absolute Gasteiger partial charge is 0.159 e. The number of nitrogens with zero attached hydrogens (tertiary/aromatic N) is 1. The highest BCUT2D eigenvalue weighted by atomic mass is 16.5. The number of methoxy groups -OCH3 is 1. The predicted molar refractivity (Wildman–Crippen MR) is 74.6 cm³/mol. The van der Waals surface area contributed by atoms with Gasteiger partial charge in [-0.25, -0.2) is 0 Å². The van der Waals surface area contributed by atoms with Crippen molar-refractivity contribution >= 4 is 5.78 Å². The van der Waals surface area contributed by atoms with Crippen LogP contribution in [0.15, 0.2) is 18.2 Å². The molecule has 1 heterocycles. The van der Waals surface area contributed by atoms with Gasteiger partial charge in [0.05, 0.1) is 19.8 Å². The minimum Gasteiger partial charge on any atom is -0.496 e. The average molecular weight is 273 g/mol. The van der Waals surface area contributed by atoms with Gasteiger partial charge in [0.25, 0.3) is 0 Å². The summed E-state index contributed by atoms with van der Waals surface area (Å²) in [6.45, 7) is 3.07. The molecule has 4 heteroatoms. The third-order valence-electron chi connectivity index (χ3n) is 3.74. The molecule has 1 aromatic rings. The molecule has 2 rings (SSSR count). The van der Waals surface area contributed by atoms with E-state index < -0.39 is 5.92 Å². The van der Waals surface area contributed by atoms with Crippen LogP contribution in [0.1, 0.15) is 29.9 Å². The zero-order valence-corrected chi connectivity index (χ0v) is 11.9. The standard InChI is InChI=1S/C16H19NO3/c1-11-5-6-12(8-15(11)19-2)14(9-17)16(18)13-4-3-7-20-10-13/h5-6,8,13-14H,3-4,7,10H2,1-2H3. The predicted octanol–water partition coefficient (Wildman–Crippen LogP) is 2.61. The number of rotatable bonds is 4. The highest BCUT2D eigenvalue weighted by Gasteiger charge is 2.30. The van der Waals surface area contributed by atoms with Crippen LogP contribution in [0.4, 0.5) is 0 Å². The van der Waals surface area contributed by atoms with Crippen molar-refractivity contribution in [3.63, 3.8) is 0 Å². The zero-order chi connectivity index (χ0) is 14.5. The second-order valence-electron chi connectivity index (χ2n) is 5.11. The Bertz CT molecular complexity index is 527. The van der Waals surface area contributed by atoms with Crippen LogP contribution in [0.2, 0.25) is 0 Å². The van der Waals surface area contributed by atoms with Gasteiger partial charge in [0.1, 0.15) is 11.7 Å². The molecule has 0 N–H and O–H groups in total. The Morgan fingerprint density at radius 1 is 1.55 bits per heavy atom. The Morgan fingerprint density at radius 3 is 2.95 bits per heavy atom. The molecule has 1 aliphatic heterocycles. The number of hydrogen-bond donors (Lipinski definition) is 0. The Morgan fingerprint density at radius 2 is 2.35 bits per heavy atom. The third-order valence-corrected chi connectivity index (χ3v) is 3.74. The molecule has 0 saturated carbocycles. The molecule has 0 radical (unpaired) electrons. The molecule has 2 atom stereocenters. The summed E-state index contributed by atoms with van der Waals surface area (Å²) >= 11 is 0. The van der Waals surface area contributed by atoms with Crippen LogP contribution in [-0.4, -0.2) is 26.1 Å². The summed E-state index contributed by atoms with van der Waals surface area (Å²) in [4.78, 5) is 12.5. The van der Waals surface area contributed by atoms with Crippen LogP contribution >= 0.6 is 0 Å². The number of nitriles is 1. The van der Waals surface area contributed by atoms with Crippen LogP contribution in [-0.2, 0) is 9.53 Å². The molecule has 0 amide bonds. The van der Waals surface area contributed by atoms with Gasteiger partial charge in [0.15, 0.2) is 5.78 Å². The van der Waals surface area contributed by atoms with Crippen molar-refractivity contribution in [1.29, 1.82) is 5.26 Å². The molecule has 1 fully saturated rings. The first kappa shape index (κ1) is 14.5. The molecule has 1 saturated heterocycles. The maximum absolute atomic E-state index is 12.5. The van der Waals surface area contributed by atoms with Crippen molar-refractivity contribution in [2.75, 3.05) is 20.3 Å². The van der Waals surface area contributed by atoms with Crippen molar-refractivity contribution in [1.82, 2.24) is 0 Å². The summed E-state index contributed by atoms with van der Waals surface area (Å²) < 4.78 is 10.6. The van der Waals surface area contributed by atoms with E-state index in [9.17, 15) is 10.1 Å². The van der Waals surface area contributed by atoms with Crippen molar-refractivity contribution in [3.8, 4) is 11.8 Å². The van der Waals surface area contributed by atoms with Gasteiger partial charge in [-0.15, -0.1) is 0 Å². The zero-order valence-electron chi connectivity index (χ0n) is 11.9. The summed E-state index contributed by atoms with van der Waals surface area (Å²) in [5.41, 5.74) is 1.69. The molecule has 0 aliphatic carbocycles. The van der Waals surface area contributed by atoms with E-state index in [1.54, 1.807) is 13.2 Å². The van der Waals surface area contributed by atoms with E-state index in [1.165, 1.54) is 0 Å². The normalized spacial score (nSPS) is 19.9. The number of aryl methyl sites for hydroxylation is 1. The Hall–Kier alpha value is -1.86. The fourth-order valence-corrected chi connectivity index (χ4v) is 2.52. The summed E-state index contributed by atoms with van der Waals surface area (Å²) in [6, 6.07) is 7.61. The molecule has 0 bridgehead atoms. The minimum atomic E-state index is -0.740. The monoisotopic (exact) mass is 273 g/mol. The van der Waals surface area contributed by atoms with E-state index >= 15 is 0 Å². The van der Waals surface area contributed by atoms with Gasteiger partial charge in [0, 0.05) is 12.5 Å². The van der Waals surface area contributed by atoms with E-state index in [4.69, 9.17) is 9.47 Å². The highest BCUT2D eigenvalue weighted by Crippen LogP contribution is 2.28. The van der Waals surface area contributed by atoms with Crippen molar-refractivity contribution in [3.05, 3.63) is 29.3 Å². The van der Waals surface area contributed by atoms with E-state index in [0.717, 1.165) is 18.4 Å². The van der Waals surface area contributed by atoms with Gasteiger partial charge in [0.2, 0.25) is 0 Å². The number of carbonyl (C=O) groups is 1. The first-order valence-corrected chi connectivity index (χ1v) is 6.83. The van der Waals surface area contributed by atoms with Gasteiger partial charge in [-0.05, 0) is 37.0 Å². The maximum Gasteiger partial charge on any atom is 0.159 e. The molecule has 1 aliphatic rings. The second kappa shape index (κ2) is 6.53. The summed E-state index contributed by atoms with van der Waals surface area (Å²) in [5.74, 6) is -0.245. The van der Waals surface area contributed by atoms with Gasteiger partial charge in [-0.1, -0.05) is 12.1 Å². The highest BCUT2D eigenvalue weighted by molar-refractivity contribution is 5.90. The number of Topliss-reactive ketones (excluding diaryl/α,β-unsaturated/α-hetero) is 1. The molecular weight excluding hydrogens is 254 g/mol. The number of carbonyl (C=O) groups excluding carboxylic acids is 1. The van der Waals surface area contributed by atoms with Crippen LogP contribution in [0.25, 0.3) is 0 Å². The number of ketones is 1. The van der Waals surface area contributed by atoms with Gasteiger partial charge < -0.3 is 9.47 Å². The maximum atomic E-state index is 12.5. The van der Waals surface area contributed by atoms with Crippen LogP contribution in [0.5, 0.6) is 5.75 Å². The first-order valence-electron chi connectivity index (χ1n) is 6.83. The minimum absolute atomic E-state index is 0.0434. The van der Waals surface area contributed by atoms with Gasteiger partial charge in [-0.3, -0.25) is 4.79 Å². The third kappa shape index (κ3) is 3.00. The van der Waals surface area contributed by atoms with Crippen molar-refractivity contribution in [2.24, 2.45) is 5.92 Å². The molecule has 4 nitrogen and oxygen atoms in total. The topological polar surface area (TPSA) is 59.3 Å². The van der Waals surface area contributed by atoms with E-state index in [0.29, 0.717) is 24.5 Å². The lowest BCUT2D eigenvalue weighted by molar-refractivity contribution is -0.127. The molecule has 0 aromatic heterocycles. The number of benzene rings is 1. The quantitative estimate of drug-likeness (QED) is 0.846. The largest absolute Gasteiger partial charge is 0.496 e. The Balaban J connectivity index is 2.23. The van der Waals surface area contributed by atoms with Crippen LogP contribution < -0.4 is 4.74 Å². The van der Waals surface area contributed by atoms with Gasteiger partial charge in [-0.2, -0.15) is 5.26 Å². The fraction of sp³-hybridized carbons (Fsp3) is 0.500. The molecule has 1 aromatic carbocycles. The molecule has 106 valence electrons. The lowest BCUT2D eigenvalue weighted by Gasteiger charge is -2.23. The van der Waals surface area contributed by atoms with Crippen molar-refractivity contribution in [2.45, 2.75) is 25.7 Å². The second-order valence-corrected chi connectivity index (χ2v) is 5.11. The van der Waals surface area contributed by atoms with Crippen LogP contribution in [0.3, 0.4) is 0 Å². The number of hydrogen-bond acceptors (Lipinski definition) is 4. The van der Waals surface area contributed by atoms with Crippen LogP contribution in [0, 0.1) is 24.2 Å². The molecule has 2 unspecified atom stereocenters. The first-order chi connectivity index (χ1) is 9.67. The molecule has 0 spiro atoms. The van der Waals surface area contributed by atoms with E-state index in [-0.39, 0.29) is 11.7 Å². The summed E-state index contributed by atoms with van der Waals surface area (Å²) in [5, 5.41) is 9.36. The van der Waals surface area contributed by atoms with Gasteiger partial charge >= 0.3 is 0 Å². The summed E-state index contributed by atoms with van der Waals surface area (Å²) in [7, 11) is 1.59. The fourth-order valence-electron chi connectivity index (χ4n) is 2.52. The Kier molecular flexibility index (Phi) is 4.75. The molecular formula is C16H19NO3. The SMILES string of the molecule is COc1cc(C(C#N)C(=O)C2CCCOC2)ccc1C. The average Bonchev–Trinajstić information content (AvgIpc) is 2.50. The Labute approximate surface area is 119 Å². The lowest BCUT2D eigenvalue weighted by Crippen LogP contribution is -2.29. The van der Waals surface area contributed by atoms with Crippen molar-refractivity contribution < 1.29 is 14.3 Å². The molecule has 20 heavy (non-hydrogen) atoms. The van der Waals surface area contributed by atoms with E-state index in [2.05, 4.69) is 6.07 Å². The summed E-state index contributed by atoms with van der Waals surface area (Å²) in [6.07, 6.45) is 1.69.